The van der Waals surface area contributed by atoms with Crippen LogP contribution in [0.5, 0.6) is 5.75 Å². The molecular weight excluding hydrogens is 308 g/mol. The zero-order chi connectivity index (χ0) is 16.1. The molecule has 0 bridgehead atoms. The number of methoxy groups -OCH3 is 1. The van der Waals surface area contributed by atoms with E-state index in [0.717, 1.165) is 30.1 Å². The van der Waals surface area contributed by atoms with Gasteiger partial charge in [0.25, 0.3) is 0 Å². The van der Waals surface area contributed by atoms with Gasteiger partial charge < -0.3 is 9.64 Å². The van der Waals surface area contributed by atoms with Crippen molar-refractivity contribution in [2.75, 3.05) is 25.1 Å². The molecule has 1 aliphatic heterocycles. The van der Waals surface area contributed by atoms with E-state index in [4.69, 9.17) is 16.3 Å². The maximum Gasteiger partial charge on any atom is 0.129 e. The van der Waals surface area contributed by atoms with Crippen LogP contribution >= 0.6 is 11.6 Å². The molecule has 1 fully saturated rings. The molecule has 3 nitrogen and oxygen atoms in total. The summed E-state index contributed by atoms with van der Waals surface area (Å²) in [5, 5.41) is 0.715. The molecular formula is C19H21ClN2O. The van der Waals surface area contributed by atoms with E-state index < -0.39 is 0 Å². The van der Waals surface area contributed by atoms with Crippen molar-refractivity contribution in [3.05, 3.63) is 53.1 Å². The van der Waals surface area contributed by atoms with Crippen molar-refractivity contribution < 1.29 is 4.74 Å². The van der Waals surface area contributed by atoms with Crippen molar-refractivity contribution >= 4 is 29.2 Å². The van der Waals surface area contributed by atoms with Crippen LogP contribution in [0.2, 0.25) is 5.02 Å². The molecule has 2 aromatic carbocycles. The van der Waals surface area contributed by atoms with Gasteiger partial charge in [0.05, 0.1) is 12.8 Å². The Hall–Kier alpha value is -2.00. The van der Waals surface area contributed by atoms with Gasteiger partial charge in [-0.05, 0) is 55.7 Å². The molecule has 1 aliphatic rings. The minimum Gasteiger partial charge on any atom is -0.496 e. The number of hydrogen-bond donors (Lipinski definition) is 0. The zero-order valence-corrected chi connectivity index (χ0v) is 14.1. The van der Waals surface area contributed by atoms with Gasteiger partial charge in [-0.15, -0.1) is 0 Å². The summed E-state index contributed by atoms with van der Waals surface area (Å²) in [7, 11) is 1.70. The number of piperidine rings is 1. The molecule has 1 saturated heterocycles. The Morgan fingerprint density at radius 1 is 1.04 bits per heavy atom. The van der Waals surface area contributed by atoms with Gasteiger partial charge in [0, 0.05) is 41.6 Å². The molecule has 2 aromatic rings. The number of rotatable bonds is 4. The highest BCUT2D eigenvalue weighted by molar-refractivity contribution is 6.30. The van der Waals surface area contributed by atoms with E-state index in [9.17, 15) is 0 Å². The Balaban J connectivity index is 1.80. The number of halogens is 1. The second-order valence-electron chi connectivity index (χ2n) is 5.71. The molecule has 0 spiro atoms. The Kier molecular flexibility index (Phi) is 5.19. The van der Waals surface area contributed by atoms with Crippen molar-refractivity contribution in [3.8, 4) is 5.75 Å². The maximum atomic E-state index is 5.89. The standard InChI is InChI=1S/C19H21ClN2O/c1-23-19-13-18(22-11-3-2-4-12-22)10-5-15(19)14-21-17-8-6-16(20)7-9-17/h5-10,13-14H,2-4,11-12H2,1H3. The highest BCUT2D eigenvalue weighted by Gasteiger charge is 2.12. The van der Waals surface area contributed by atoms with Gasteiger partial charge >= 0.3 is 0 Å². The summed E-state index contributed by atoms with van der Waals surface area (Å²) in [5.41, 5.74) is 3.07. The summed E-state index contributed by atoms with van der Waals surface area (Å²) in [6, 6.07) is 13.8. The second kappa shape index (κ2) is 7.51. The van der Waals surface area contributed by atoms with Gasteiger partial charge in [-0.25, -0.2) is 0 Å². The molecule has 3 rings (SSSR count). The lowest BCUT2D eigenvalue weighted by Crippen LogP contribution is -2.29. The van der Waals surface area contributed by atoms with Crippen molar-refractivity contribution in [1.82, 2.24) is 0 Å². The smallest absolute Gasteiger partial charge is 0.129 e. The molecule has 0 radical (unpaired) electrons. The average molecular weight is 329 g/mol. The van der Waals surface area contributed by atoms with Crippen molar-refractivity contribution in [1.29, 1.82) is 0 Å². The van der Waals surface area contributed by atoms with Gasteiger partial charge in [0.2, 0.25) is 0 Å². The van der Waals surface area contributed by atoms with E-state index in [-0.39, 0.29) is 0 Å². The Labute approximate surface area is 142 Å². The SMILES string of the molecule is COc1cc(N2CCCCC2)ccc1C=Nc1ccc(Cl)cc1. The predicted molar refractivity (Wildman–Crippen MR) is 97.8 cm³/mol. The third-order valence-corrected chi connectivity index (χ3v) is 4.37. The fourth-order valence-corrected chi connectivity index (χ4v) is 2.95. The number of benzene rings is 2. The lowest BCUT2D eigenvalue weighted by molar-refractivity contribution is 0.414. The zero-order valence-electron chi connectivity index (χ0n) is 13.3. The van der Waals surface area contributed by atoms with Crippen LogP contribution in [0.15, 0.2) is 47.5 Å². The van der Waals surface area contributed by atoms with E-state index >= 15 is 0 Å². The lowest BCUT2D eigenvalue weighted by atomic mass is 10.1. The molecule has 0 amide bonds. The molecule has 0 N–H and O–H groups in total. The van der Waals surface area contributed by atoms with Crippen LogP contribution in [-0.4, -0.2) is 26.4 Å². The lowest BCUT2D eigenvalue weighted by Gasteiger charge is -2.29. The number of aliphatic imine (C=N–C) groups is 1. The fourth-order valence-electron chi connectivity index (χ4n) is 2.83. The summed E-state index contributed by atoms with van der Waals surface area (Å²) in [5.74, 6) is 0.853. The first-order chi connectivity index (χ1) is 11.3. The number of nitrogens with zero attached hydrogens (tertiary/aromatic N) is 2. The molecule has 1 heterocycles. The summed E-state index contributed by atoms with van der Waals surface area (Å²) >= 11 is 5.89. The van der Waals surface area contributed by atoms with E-state index in [0.29, 0.717) is 5.02 Å². The molecule has 0 unspecified atom stereocenters. The van der Waals surface area contributed by atoms with Crippen LogP contribution in [-0.2, 0) is 0 Å². The van der Waals surface area contributed by atoms with E-state index in [1.807, 2.05) is 30.5 Å². The summed E-state index contributed by atoms with van der Waals surface area (Å²) in [6.07, 6.45) is 5.70. The Bertz CT molecular complexity index is 676. The first-order valence-electron chi connectivity index (χ1n) is 7.99. The normalized spacial score (nSPS) is 15.1. The summed E-state index contributed by atoms with van der Waals surface area (Å²) in [4.78, 5) is 6.91. The first-order valence-corrected chi connectivity index (χ1v) is 8.37. The van der Waals surface area contributed by atoms with Gasteiger partial charge in [0.1, 0.15) is 5.75 Å². The van der Waals surface area contributed by atoms with Gasteiger partial charge in [-0.3, -0.25) is 4.99 Å². The molecule has 0 atom stereocenters. The van der Waals surface area contributed by atoms with Crippen LogP contribution in [0.25, 0.3) is 0 Å². The van der Waals surface area contributed by atoms with Crippen molar-refractivity contribution in [2.45, 2.75) is 19.3 Å². The first kappa shape index (κ1) is 15.9. The highest BCUT2D eigenvalue weighted by Crippen LogP contribution is 2.27. The summed E-state index contributed by atoms with van der Waals surface area (Å²) < 4.78 is 5.55. The second-order valence-corrected chi connectivity index (χ2v) is 6.15. The molecule has 0 saturated carbocycles. The van der Waals surface area contributed by atoms with E-state index in [1.54, 1.807) is 7.11 Å². The predicted octanol–water partition coefficient (Wildman–Crippen LogP) is 5.09. The Morgan fingerprint density at radius 3 is 2.48 bits per heavy atom. The largest absolute Gasteiger partial charge is 0.496 e. The van der Waals surface area contributed by atoms with E-state index in [2.05, 4.69) is 28.1 Å². The number of anilines is 1. The molecule has 120 valence electrons. The van der Waals surface area contributed by atoms with Crippen LogP contribution in [0.1, 0.15) is 24.8 Å². The third kappa shape index (κ3) is 4.05. The minimum atomic E-state index is 0.715. The van der Waals surface area contributed by atoms with Gasteiger partial charge in [0.15, 0.2) is 0 Å². The van der Waals surface area contributed by atoms with Crippen molar-refractivity contribution in [2.24, 2.45) is 4.99 Å². The Morgan fingerprint density at radius 2 is 1.78 bits per heavy atom. The van der Waals surface area contributed by atoms with Gasteiger partial charge in [-0.2, -0.15) is 0 Å². The minimum absolute atomic E-state index is 0.715. The average Bonchev–Trinajstić information content (AvgIpc) is 2.62. The number of hydrogen-bond acceptors (Lipinski definition) is 3. The quantitative estimate of drug-likeness (QED) is 0.730. The summed E-state index contributed by atoms with van der Waals surface area (Å²) in [6.45, 7) is 2.25. The monoisotopic (exact) mass is 328 g/mol. The van der Waals surface area contributed by atoms with Gasteiger partial charge in [-0.1, -0.05) is 11.6 Å². The molecule has 4 heteroatoms. The molecule has 0 aromatic heterocycles. The third-order valence-electron chi connectivity index (χ3n) is 4.12. The molecule has 23 heavy (non-hydrogen) atoms. The van der Waals surface area contributed by atoms with Crippen LogP contribution in [0.3, 0.4) is 0 Å². The van der Waals surface area contributed by atoms with Crippen LogP contribution in [0, 0.1) is 0 Å². The number of ether oxygens (including phenoxy) is 1. The maximum absolute atomic E-state index is 5.89. The molecule has 0 aliphatic carbocycles. The van der Waals surface area contributed by atoms with Crippen molar-refractivity contribution in [3.63, 3.8) is 0 Å². The fraction of sp³-hybridized carbons (Fsp3) is 0.316. The van der Waals surface area contributed by atoms with Crippen LogP contribution in [0.4, 0.5) is 11.4 Å². The van der Waals surface area contributed by atoms with Crippen LogP contribution < -0.4 is 9.64 Å². The topological polar surface area (TPSA) is 24.8 Å². The van der Waals surface area contributed by atoms with E-state index in [1.165, 1.54) is 24.9 Å². The highest BCUT2D eigenvalue weighted by atomic mass is 35.5.